The van der Waals surface area contributed by atoms with Crippen LogP contribution in [0.2, 0.25) is 0 Å². The molecule has 1 N–H and O–H groups in total. The number of hydrogen-bond acceptors (Lipinski definition) is 6. The molecule has 0 saturated carbocycles. The lowest BCUT2D eigenvalue weighted by atomic mass is 10.0. The van der Waals surface area contributed by atoms with Gasteiger partial charge in [-0.2, -0.15) is 4.31 Å². The first-order chi connectivity index (χ1) is 15.8. The van der Waals surface area contributed by atoms with E-state index in [1.54, 1.807) is 29.2 Å². The van der Waals surface area contributed by atoms with Gasteiger partial charge in [-0.1, -0.05) is 13.8 Å². The van der Waals surface area contributed by atoms with Crippen LogP contribution in [-0.2, 0) is 14.8 Å². The fraction of sp³-hybridized carbons (Fsp3) is 0.696. The van der Waals surface area contributed by atoms with Gasteiger partial charge < -0.3 is 19.7 Å². The summed E-state index contributed by atoms with van der Waals surface area (Å²) in [6.45, 7) is 11.9. The number of piperazine rings is 1. The van der Waals surface area contributed by atoms with Gasteiger partial charge >= 0.3 is 6.03 Å². The minimum Gasteiger partial charge on any atom is -0.494 e. The maximum Gasteiger partial charge on any atom is 0.317 e. The van der Waals surface area contributed by atoms with E-state index in [0.717, 1.165) is 32.7 Å². The van der Waals surface area contributed by atoms with Gasteiger partial charge in [0, 0.05) is 51.9 Å². The molecule has 10 heteroatoms. The Bertz CT molecular complexity index is 848. The van der Waals surface area contributed by atoms with Crippen LogP contribution in [0.15, 0.2) is 29.2 Å². The van der Waals surface area contributed by atoms with Crippen molar-refractivity contribution in [1.29, 1.82) is 0 Å². The smallest absolute Gasteiger partial charge is 0.317 e. The maximum atomic E-state index is 13.0. The second kappa shape index (κ2) is 12.0. The maximum absolute atomic E-state index is 13.0. The number of ether oxygens (including phenoxy) is 2. The van der Waals surface area contributed by atoms with Crippen LogP contribution in [-0.4, -0.2) is 100 Å². The Kier molecular flexibility index (Phi) is 9.37. The number of rotatable bonds is 9. The largest absolute Gasteiger partial charge is 0.494 e. The van der Waals surface area contributed by atoms with Crippen molar-refractivity contribution in [2.45, 2.75) is 38.1 Å². The number of benzene rings is 1. The highest BCUT2D eigenvalue weighted by molar-refractivity contribution is 7.89. The number of morpholine rings is 1. The minimum atomic E-state index is -3.60. The second-order valence-electron chi connectivity index (χ2n) is 8.91. The lowest BCUT2D eigenvalue weighted by Gasteiger charge is -2.37. The molecule has 3 rings (SSSR count). The summed E-state index contributed by atoms with van der Waals surface area (Å²) in [6, 6.07) is 6.62. The summed E-state index contributed by atoms with van der Waals surface area (Å²) in [5.74, 6) is 1.18. The van der Waals surface area contributed by atoms with Crippen LogP contribution < -0.4 is 10.1 Å². The van der Waals surface area contributed by atoms with Crippen molar-refractivity contribution in [3.05, 3.63) is 24.3 Å². The molecule has 33 heavy (non-hydrogen) atoms. The van der Waals surface area contributed by atoms with Crippen molar-refractivity contribution >= 4 is 16.1 Å². The van der Waals surface area contributed by atoms with E-state index in [-0.39, 0.29) is 30.1 Å². The zero-order chi connectivity index (χ0) is 23.8. The van der Waals surface area contributed by atoms with Crippen molar-refractivity contribution in [1.82, 2.24) is 19.4 Å². The number of carbonyl (C=O) groups is 1. The number of amides is 2. The second-order valence-corrected chi connectivity index (χ2v) is 10.9. The quantitative estimate of drug-likeness (QED) is 0.578. The molecule has 186 valence electrons. The summed E-state index contributed by atoms with van der Waals surface area (Å²) < 4.78 is 38.3. The summed E-state index contributed by atoms with van der Waals surface area (Å²) >= 11 is 0. The Morgan fingerprint density at radius 2 is 1.70 bits per heavy atom. The van der Waals surface area contributed by atoms with E-state index in [9.17, 15) is 13.2 Å². The molecule has 2 amide bonds. The van der Waals surface area contributed by atoms with Gasteiger partial charge in [0.05, 0.1) is 24.7 Å². The van der Waals surface area contributed by atoms with E-state index >= 15 is 0 Å². The number of nitrogens with zero attached hydrogens (tertiary/aromatic N) is 3. The molecule has 9 nitrogen and oxygen atoms in total. The molecule has 1 aromatic rings. The van der Waals surface area contributed by atoms with E-state index in [1.807, 2.05) is 6.92 Å². The molecular formula is C23H38N4O5S. The summed E-state index contributed by atoms with van der Waals surface area (Å²) in [6.07, 6.45) is 1.01. The first kappa shape index (κ1) is 25.7. The molecule has 2 aliphatic heterocycles. The van der Waals surface area contributed by atoms with Crippen LogP contribution in [0.5, 0.6) is 5.75 Å². The van der Waals surface area contributed by atoms with Crippen molar-refractivity contribution < 1.29 is 22.7 Å². The third kappa shape index (κ3) is 7.05. The molecule has 0 aromatic heterocycles. The van der Waals surface area contributed by atoms with E-state index in [4.69, 9.17) is 9.47 Å². The third-order valence-corrected chi connectivity index (χ3v) is 8.01. The van der Waals surface area contributed by atoms with E-state index in [2.05, 4.69) is 24.1 Å². The van der Waals surface area contributed by atoms with Gasteiger partial charge in [-0.15, -0.1) is 0 Å². The number of hydrogen-bond donors (Lipinski definition) is 1. The Balaban J connectivity index is 1.51. The lowest BCUT2D eigenvalue weighted by Crippen LogP contribution is -2.55. The average molecular weight is 483 g/mol. The summed E-state index contributed by atoms with van der Waals surface area (Å²) in [5.41, 5.74) is 0. The topological polar surface area (TPSA) is 91.4 Å². The van der Waals surface area contributed by atoms with Crippen LogP contribution >= 0.6 is 0 Å². The van der Waals surface area contributed by atoms with E-state index in [0.29, 0.717) is 37.9 Å². The normalized spacial score (nSPS) is 19.5. The van der Waals surface area contributed by atoms with Crippen LogP contribution in [0.1, 0.15) is 27.2 Å². The number of carbonyl (C=O) groups excluding carboxylic acids is 1. The lowest BCUT2D eigenvalue weighted by molar-refractivity contribution is 0.0126. The Labute approximate surface area is 198 Å². The first-order valence-corrected chi connectivity index (χ1v) is 13.3. The van der Waals surface area contributed by atoms with Gasteiger partial charge in [-0.25, -0.2) is 13.2 Å². The monoisotopic (exact) mass is 482 g/mol. The van der Waals surface area contributed by atoms with Gasteiger partial charge in [0.2, 0.25) is 10.0 Å². The molecule has 2 saturated heterocycles. The molecule has 2 heterocycles. The first-order valence-electron chi connectivity index (χ1n) is 11.9. The van der Waals surface area contributed by atoms with Crippen LogP contribution in [0.25, 0.3) is 0 Å². The Morgan fingerprint density at radius 1 is 1.06 bits per heavy atom. The summed E-state index contributed by atoms with van der Waals surface area (Å²) in [5, 5.41) is 3.08. The van der Waals surface area contributed by atoms with E-state index < -0.39 is 10.0 Å². The van der Waals surface area contributed by atoms with Gasteiger partial charge in [0.15, 0.2) is 0 Å². The summed E-state index contributed by atoms with van der Waals surface area (Å²) in [4.78, 5) is 17.1. The zero-order valence-electron chi connectivity index (χ0n) is 20.0. The minimum absolute atomic E-state index is 0.130. The van der Waals surface area contributed by atoms with Crippen LogP contribution in [0, 0.1) is 5.92 Å². The van der Waals surface area contributed by atoms with Crippen molar-refractivity contribution in [3.8, 4) is 5.75 Å². The highest BCUT2D eigenvalue weighted by Crippen LogP contribution is 2.21. The average Bonchev–Trinajstić information content (AvgIpc) is 2.82. The zero-order valence-corrected chi connectivity index (χ0v) is 20.8. The molecule has 0 bridgehead atoms. The van der Waals surface area contributed by atoms with Crippen molar-refractivity contribution in [2.75, 3.05) is 65.6 Å². The standard InChI is InChI=1S/C23H38N4O5S/c1-4-32-21-5-7-22(8-6-21)33(29,30)27-11-9-26(10-12-27)23(28)24-18-20(17-19(2)3)25-13-15-31-16-14-25/h5-8,19-20H,4,9-18H2,1-3H3,(H,24,28)/t20-/m1/s1. The molecule has 0 radical (unpaired) electrons. The van der Waals surface area contributed by atoms with Crippen LogP contribution in [0.4, 0.5) is 4.79 Å². The van der Waals surface area contributed by atoms with Gasteiger partial charge in [0.25, 0.3) is 0 Å². The molecule has 0 spiro atoms. The van der Waals surface area contributed by atoms with Crippen molar-refractivity contribution in [2.24, 2.45) is 5.92 Å². The molecule has 0 aliphatic carbocycles. The van der Waals surface area contributed by atoms with Gasteiger partial charge in [0.1, 0.15) is 5.75 Å². The molecule has 2 aliphatic rings. The highest BCUT2D eigenvalue weighted by atomic mass is 32.2. The van der Waals surface area contributed by atoms with Gasteiger partial charge in [-0.3, -0.25) is 4.90 Å². The number of nitrogens with one attached hydrogen (secondary N) is 1. The summed E-state index contributed by atoms with van der Waals surface area (Å²) in [7, 11) is -3.60. The van der Waals surface area contributed by atoms with Crippen LogP contribution in [0.3, 0.4) is 0 Å². The molecule has 2 fully saturated rings. The van der Waals surface area contributed by atoms with Gasteiger partial charge in [-0.05, 0) is 43.5 Å². The van der Waals surface area contributed by atoms with Crippen molar-refractivity contribution in [3.63, 3.8) is 0 Å². The molecule has 0 unspecified atom stereocenters. The number of urea groups is 1. The Morgan fingerprint density at radius 3 is 2.27 bits per heavy atom. The Hall–Kier alpha value is -1.88. The highest BCUT2D eigenvalue weighted by Gasteiger charge is 2.31. The molecular weight excluding hydrogens is 444 g/mol. The molecule has 1 atom stereocenters. The van der Waals surface area contributed by atoms with E-state index in [1.165, 1.54) is 4.31 Å². The SMILES string of the molecule is CCOc1ccc(S(=O)(=O)N2CCN(C(=O)NC[C@@H](CC(C)C)N3CCOCC3)CC2)cc1. The fourth-order valence-corrected chi connectivity index (χ4v) is 5.74. The number of sulfonamides is 1. The predicted molar refractivity (Wildman–Crippen MR) is 127 cm³/mol. The third-order valence-electron chi connectivity index (χ3n) is 6.09. The molecule has 1 aromatic carbocycles. The fourth-order valence-electron chi connectivity index (χ4n) is 4.32. The predicted octanol–water partition coefficient (Wildman–Crippen LogP) is 1.85.